The van der Waals surface area contributed by atoms with Crippen molar-refractivity contribution in [3.63, 3.8) is 0 Å². The van der Waals surface area contributed by atoms with Gasteiger partial charge in [0.05, 0.1) is 5.39 Å². The molecule has 0 unspecified atom stereocenters. The van der Waals surface area contributed by atoms with Crippen LogP contribution in [-0.2, 0) is 6.67 Å². The van der Waals surface area contributed by atoms with Gasteiger partial charge in [0.25, 0.3) is 5.56 Å². The molecule has 96 valence electrons. The maximum atomic E-state index is 12.6. The van der Waals surface area contributed by atoms with Crippen LogP contribution in [0, 0.1) is 0 Å². The fraction of sp³-hybridized carbons (Fsp3) is 0.0769. The second-order valence-electron chi connectivity index (χ2n) is 3.98. The van der Waals surface area contributed by atoms with Crippen LogP contribution in [0.1, 0.15) is 5.82 Å². The number of aromatic amines is 1. The van der Waals surface area contributed by atoms with Gasteiger partial charge in [0.15, 0.2) is 0 Å². The minimum atomic E-state index is -0.778. The number of fused-ring (bicyclic) bond motifs is 1. The molecule has 0 spiro atoms. The molecule has 0 aliphatic carbocycles. The molecule has 0 amide bonds. The summed E-state index contributed by atoms with van der Waals surface area (Å²) in [6.45, 7) is -0.778. The number of hydrogen-bond donors (Lipinski definition) is 1. The molecule has 0 atom stereocenters. The summed E-state index contributed by atoms with van der Waals surface area (Å²) in [7, 11) is 0. The molecular formula is C13H8ClFN2OS. The summed E-state index contributed by atoms with van der Waals surface area (Å²) < 4.78 is 12.6. The quantitative estimate of drug-likeness (QED) is 0.782. The average molecular weight is 295 g/mol. The summed E-state index contributed by atoms with van der Waals surface area (Å²) in [5, 5.41) is 2.97. The Morgan fingerprint density at radius 3 is 2.74 bits per heavy atom. The number of thiophene rings is 1. The molecule has 19 heavy (non-hydrogen) atoms. The lowest BCUT2D eigenvalue weighted by Gasteiger charge is -2.00. The SMILES string of the molecule is O=c1[nH]c(CF)nc2scc(-c3ccc(Cl)cc3)c12. The van der Waals surface area contributed by atoms with Gasteiger partial charge in [0, 0.05) is 16.0 Å². The molecular weight excluding hydrogens is 287 g/mol. The van der Waals surface area contributed by atoms with E-state index >= 15 is 0 Å². The van der Waals surface area contributed by atoms with Crippen molar-refractivity contribution >= 4 is 33.2 Å². The number of nitrogens with zero attached hydrogens (tertiary/aromatic N) is 1. The number of halogens is 2. The number of alkyl halides is 1. The van der Waals surface area contributed by atoms with Gasteiger partial charge in [-0.1, -0.05) is 23.7 Å². The van der Waals surface area contributed by atoms with Crippen molar-refractivity contribution in [2.75, 3.05) is 0 Å². The highest BCUT2D eigenvalue weighted by molar-refractivity contribution is 7.17. The van der Waals surface area contributed by atoms with Crippen molar-refractivity contribution in [3.8, 4) is 11.1 Å². The van der Waals surface area contributed by atoms with E-state index in [1.807, 2.05) is 17.5 Å². The summed E-state index contributed by atoms with van der Waals surface area (Å²) in [5.41, 5.74) is 1.36. The molecule has 3 aromatic rings. The number of benzene rings is 1. The first-order valence-electron chi connectivity index (χ1n) is 5.51. The maximum Gasteiger partial charge on any atom is 0.260 e. The van der Waals surface area contributed by atoms with E-state index in [0.717, 1.165) is 11.1 Å². The number of hydrogen-bond acceptors (Lipinski definition) is 3. The average Bonchev–Trinajstić information content (AvgIpc) is 2.84. The van der Waals surface area contributed by atoms with Gasteiger partial charge in [-0.25, -0.2) is 9.37 Å². The molecule has 1 N–H and O–H groups in total. The van der Waals surface area contributed by atoms with E-state index in [1.165, 1.54) is 11.3 Å². The lowest BCUT2D eigenvalue weighted by atomic mass is 10.1. The molecule has 3 rings (SSSR count). The van der Waals surface area contributed by atoms with Crippen LogP contribution in [-0.4, -0.2) is 9.97 Å². The van der Waals surface area contributed by atoms with E-state index in [2.05, 4.69) is 9.97 Å². The number of H-pyrrole nitrogens is 1. The first kappa shape index (κ1) is 12.3. The van der Waals surface area contributed by atoms with Crippen LogP contribution in [0.15, 0.2) is 34.4 Å². The minimum Gasteiger partial charge on any atom is -0.308 e. The Kier molecular flexibility index (Phi) is 3.08. The summed E-state index contributed by atoms with van der Waals surface area (Å²) in [5.74, 6) is 0.0574. The Hall–Kier alpha value is -1.72. The van der Waals surface area contributed by atoms with Crippen molar-refractivity contribution in [2.24, 2.45) is 0 Å². The zero-order chi connectivity index (χ0) is 13.4. The first-order valence-corrected chi connectivity index (χ1v) is 6.77. The first-order chi connectivity index (χ1) is 9.19. The minimum absolute atomic E-state index is 0.0574. The lowest BCUT2D eigenvalue weighted by Crippen LogP contribution is -2.10. The summed E-state index contributed by atoms with van der Waals surface area (Å²) in [4.78, 5) is 19.1. The van der Waals surface area contributed by atoms with E-state index in [9.17, 15) is 9.18 Å². The highest BCUT2D eigenvalue weighted by atomic mass is 35.5. The fourth-order valence-corrected chi connectivity index (χ4v) is 2.99. The second-order valence-corrected chi connectivity index (χ2v) is 5.28. The van der Waals surface area contributed by atoms with E-state index in [0.29, 0.717) is 15.2 Å². The molecule has 0 bridgehead atoms. The van der Waals surface area contributed by atoms with Crippen LogP contribution >= 0.6 is 22.9 Å². The molecule has 1 aromatic carbocycles. The van der Waals surface area contributed by atoms with Crippen molar-refractivity contribution < 1.29 is 4.39 Å². The molecule has 0 fully saturated rings. The third-order valence-electron chi connectivity index (χ3n) is 2.77. The van der Waals surface area contributed by atoms with Crippen LogP contribution in [0.25, 0.3) is 21.3 Å². The summed E-state index contributed by atoms with van der Waals surface area (Å²) in [6, 6.07) is 7.20. The third kappa shape index (κ3) is 2.15. The molecule has 2 aromatic heterocycles. The fourth-order valence-electron chi connectivity index (χ4n) is 1.90. The molecule has 0 saturated carbocycles. The van der Waals surface area contributed by atoms with Gasteiger partial charge in [0.1, 0.15) is 17.3 Å². The van der Waals surface area contributed by atoms with Crippen LogP contribution in [0.3, 0.4) is 0 Å². The number of nitrogens with one attached hydrogen (secondary N) is 1. The van der Waals surface area contributed by atoms with Gasteiger partial charge < -0.3 is 4.98 Å². The van der Waals surface area contributed by atoms with Gasteiger partial charge in [0.2, 0.25) is 0 Å². The Morgan fingerprint density at radius 2 is 2.05 bits per heavy atom. The highest BCUT2D eigenvalue weighted by Gasteiger charge is 2.12. The predicted octanol–water partition coefficient (Wildman–Crippen LogP) is 3.77. The molecule has 6 heteroatoms. The molecule has 3 nitrogen and oxygen atoms in total. The molecule has 2 heterocycles. The van der Waals surface area contributed by atoms with Crippen molar-refractivity contribution in [1.29, 1.82) is 0 Å². The Bertz CT molecular complexity index is 795. The van der Waals surface area contributed by atoms with Gasteiger partial charge in [-0.15, -0.1) is 11.3 Å². The molecule has 0 radical (unpaired) electrons. The van der Waals surface area contributed by atoms with Crippen LogP contribution in [0.2, 0.25) is 5.02 Å². The molecule has 0 saturated heterocycles. The van der Waals surface area contributed by atoms with E-state index in [4.69, 9.17) is 11.6 Å². The number of aromatic nitrogens is 2. The second kappa shape index (κ2) is 4.75. The van der Waals surface area contributed by atoms with Crippen molar-refractivity contribution in [2.45, 2.75) is 6.67 Å². The van der Waals surface area contributed by atoms with E-state index in [-0.39, 0.29) is 11.4 Å². The number of rotatable bonds is 2. The van der Waals surface area contributed by atoms with Crippen molar-refractivity contribution in [3.05, 3.63) is 50.8 Å². The topological polar surface area (TPSA) is 45.8 Å². The Labute approximate surface area is 116 Å². The standard InChI is InChI=1S/C13H8ClFN2OS/c14-8-3-1-7(2-4-8)9-6-19-13-11(9)12(18)16-10(5-15)17-13/h1-4,6H,5H2,(H,16,17,18). The predicted molar refractivity (Wildman–Crippen MR) is 75.5 cm³/mol. The van der Waals surface area contributed by atoms with Gasteiger partial charge >= 0.3 is 0 Å². The van der Waals surface area contributed by atoms with Gasteiger partial charge in [-0.05, 0) is 17.7 Å². The van der Waals surface area contributed by atoms with Gasteiger partial charge in [-0.3, -0.25) is 4.79 Å². The zero-order valence-electron chi connectivity index (χ0n) is 9.61. The maximum absolute atomic E-state index is 12.6. The molecule has 0 aliphatic heterocycles. The van der Waals surface area contributed by atoms with Gasteiger partial charge in [-0.2, -0.15) is 0 Å². The van der Waals surface area contributed by atoms with Crippen LogP contribution < -0.4 is 5.56 Å². The highest BCUT2D eigenvalue weighted by Crippen LogP contribution is 2.31. The van der Waals surface area contributed by atoms with Crippen molar-refractivity contribution in [1.82, 2.24) is 9.97 Å². The summed E-state index contributed by atoms with van der Waals surface area (Å²) in [6.07, 6.45) is 0. The zero-order valence-corrected chi connectivity index (χ0v) is 11.2. The Morgan fingerprint density at radius 1 is 1.32 bits per heavy atom. The van der Waals surface area contributed by atoms with E-state index in [1.54, 1.807) is 12.1 Å². The monoisotopic (exact) mass is 294 g/mol. The Balaban J connectivity index is 2.26. The molecule has 0 aliphatic rings. The largest absolute Gasteiger partial charge is 0.308 e. The summed E-state index contributed by atoms with van der Waals surface area (Å²) >= 11 is 7.17. The third-order valence-corrected chi connectivity index (χ3v) is 3.90. The van der Waals surface area contributed by atoms with Crippen LogP contribution in [0.5, 0.6) is 0 Å². The van der Waals surface area contributed by atoms with Crippen LogP contribution in [0.4, 0.5) is 4.39 Å². The normalized spacial score (nSPS) is 11.1. The lowest BCUT2D eigenvalue weighted by molar-refractivity contribution is 0.466. The van der Waals surface area contributed by atoms with E-state index < -0.39 is 6.67 Å². The smallest absolute Gasteiger partial charge is 0.260 e.